The predicted octanol–water partition coefficient (Wildman–Crippen LogP) is 3.17. The zero-order valence-electron chi connectivity index (χ0n) is 11.4. The number of carboxylic acids is 1. The summed E-state index contributed by atoms with van der Waals surface area (Å²) in [7, 11) is 0. The predicted molar refractivity (Wildman–Crippen MR) is 79.6 cm³/mol. The van der Waals surface area contributed by atoms with Crippen LogP contribution in [0.2, 0.25) is 0 Å². The summed E-state index contributed by atoms with van der Waals surface area (Å²) in [6.45, 7) is 2.79. The number of aliphatic carboxylic acids is 1. The zero-order valence-corrected chi connectivity index (χ0v) is 13.0. The molecule has 0 spiro atoms. The Kier molecular flexibility index (Phi) is 4.48. The Hall–Kier alpha value is -1.36. The van der Waals surface area contributed by atoms with Crippen molar-refractivity contribution in [3.05, 3.63) is 34.3 Å². The molecule has 0 aliphatic carbocycles. The van der Waals surface area contributed by atoms with Crippen molar-refractivity contribution < 1.29 is 14.7 Å². The highest BCUT2D eigenvalue weighted by molar-refractivity contribution is 9.10. The van der Waals surface area contributed by atoms with Crippen LogP contribution in [0.5, 0.6) is 0 Å². The smallest absolute Gasteiger partial charge is 0.311 e. The Labute approximate surface area is 126 Å². The van der Waals surface area contributed by atoms with Crippen molar-refractivity contribution in [2.75, 3.05) is 13.1 Å². The average Bonchev–Trinajstić information content (AvgIpc) is 2.84. The van der Waals surface area contributed by atoms with Crippen LogP contribution < -0.4 is 0 Å². The van der Waals surface area contributed by atoms with Crippen molar-refractivity contribution in [3.63, 3.8) is 0 Å². The molecule has 1 heterocycles. The molecule has 1 unspecified atom stereocenters. The van der Waals surface area contributed by atoms with Gasteiger partial charge in [-0.1, -0.05) is 35.3 Å². The van der Waals surface area contributed by atoms with Crippen LogP contribution in [0.3, 0.4) is 0 Å². The number of carbonyl (C=O) groups excluding carboxylic acids is 1. The normalized spacial score (nSPS) is 22.0. The van der Waals surface area contributed by atoms with Gasteiger partial charge in [0.15, 0.2) is 0 Å². The molecule has 1 atom stereocenters. The molecule has 2 rings (SSSR count). The Balaban J connectivity index is 2.16. The molecule has 108 valence electrons. The van der Waals surface area contributed by atoms with Crippen molar-refractivity contribution in [2.45, 2.75) is 26.2 Å². The lowest BCUT2D eigenvalue weighted by Crippen LogP contribution is -2.36. The topological polar surface area (TPSA) is 57.6 Å². The first-order valence-electron chi connectivity index (χ1n) is 6.77. The molecule has 1 saturated heterocycles. The van der Waals surface area contributed by atoms with Gasteiger partial charge in [0.2, 0.25) is 0 Å². The monoisotopic (exact) mass is 339 g/mol. The highest BCUT2D eigenvalue weighted by atomic mass is 79.9. The van der Waals surface area contributed by atoms with Gasteiger partial charge >= 0.3 is 5.97 Å². The number of rotatable bonds is 4. The summed E-state index contributed by atoms with van der Waals surface area (Å²) < 4.78 is 0.848. The minimum Gasteiger partial charge on any atom is -0.481 e. The maximum absolute atomic E-state index is 12.4. The first-order chi connectivity index (χ1) is 9.48. The molecule has 1 aromatic carbocycles. The number of nitrogens with zero attached hydrogens (tertiary/aromatic N) is 1. The highest BCUT2D eigenvalue weighted by Crippen LogP contribution is 2.36. The van der Waals surface area contributed by atoms with Crippen LogP contribution in [0.25, 0.3) is 0 Å². The van der Waals surface area contributed by atoms with Gasteiger partial charge in [0.1, 0.15) is 0 Å². The third-order valence-electron chi connectivity index (χ3n) is 3.89. The molecule has 0 aromatic heterocycles. The van der Waals surface area contributed by atoms with Crippen LogP contribution in [-0.4, -0.2) is 35.0 Å². The quantitative estimate of drug-likeness (QED) is 0.916. The summed E-state index contributed by atoms with van der Waals surface area (Å²) >= 11 is 3.34. The van der Waals surface area contributed by atoms with E-state index in [0.717, 1.165) is 10.9 Å². The molecule has 1 aromatic rings. The van der Waals surface area contributed by atoms with Crippen molar-refractivity contribution >= 4 is 27.8 Å². The number of hydrogen-bond donors (Lipinski definition) is 1. The summed E-state index contributed by atoms with van der Waals surface area (Å²) in [5, 5.41) is 9.46. The van der Waals surface area contributed by atoms with E-state index in [4.69, 9.17) is 0 Å². The second-order valence-electron chi connectivity index (χ2n) is 5.32. The van der Waals surface area contributed by atoms with E-state index >= 15 is 0 Å². The number of hydrogen-bond acceptors (Lipinski definition) is 2. The molecular weight excluding hydrogens is 322 g/mol. The molecule has 1 aliphatic rings. The second kappa shape index (κ2) is 5.95. The van der Waals surface area contributed by atoms with Gasteiger partial charge in [0, 0.05) is 23.1 Å². The summed E-state index contributed by atoms with van der Waals surface area (Å²) in [4.78, 5) is 25.6. The fourth-order valence-electron chi connectivity index (χ4n) is 2.81. The molecule has 0 radical (unpaired) electrons. The van der Waals surface area contributed by atoms with E-state index in [1.165, 1.54) is 0 Å². The van der Waals surface area contributed by atoms with Gasteiger partial charge in [-0.2, -0.15) is 0 Å². The van der Waals surface area contributed by atoms with E-state index in [2.05, 4.69) is 15.9 Å². The molecule has 0 saturated carbocycles. The van der Waals surface area contributed by atoms with E-state index < -0.39 is 11.4 Å². The molecule has 20 heavy (non-hydrogen) atoms. The summed E-state index contributed by atoms with van der Waals surface area (Å²) in [6.07, 6.45) is 1.96. The number of benzene rings is 1. The standard InChI is InChI=1S/C15H18BrNO3/c1-2-6-15(14(19)20)7-8-17(10-15)13(18)11-4-3-5-12(16)9-11/h3-5,9H,2,6-8,10H2,1H3,(H,19,20). The lowest BCUT2D eigenvalue weighted by atomic mass is 9.83. The Morgan fingerprint density at radius 1 is 1.45 bits per heavy atom. The first kappa shape index (κ1) is 15.0. The minimum absolute atomic E-state index is 0.0921. The maximum atomic E-state index is 12.4. The number of halogens is 1. The number of amides is 1. The minimum atomic E-state index is -0.788. The zero-order chi connectivity index (χ0) is 14.8. The van der Waals surface area contributed by atoms with E-state index in [1.54, 1.807) is 17.0 Å². The molecule has 1 amide bonds. The van der Waals surface area contributed by atoms with Gasteiger partial charge in [0.25, 0.3) is 5.91 Å². The lowest BCUT2D eigenvalue weighted by molar-refractivity contribution is -0.148. The van der Waals surface area contributed by atoms with Crippen LogP contribution >= 0.6 is 15.9 Å². The molecule has 1 fully saturated rings. The molecule has 0 bridgehead atoms. The van der Waals surface area contributed by atoms with Gasteiger partial charge in [-0.05, 0) is 31.0 Å². The summed E-state index contributed by atoms with van der Waals surface area (Å²) in [5.74, 6) is -0.880. The largest absolute Gasteiger partial charge is 0.481 e. The maximum Gasteiger partial charge on any atom is 0.311 e. The summed E-state index contributed by atoms with van der Waals surface area (Å²) in [6, 6.07) is 7.19. The lowest BCUT2D eigenvalue weighted by Gasteiger charge is -2.24. The fourth-order valence-corrected chi connectivity index (χ4v) is 3.21. The third-order valence-corrected chi connectivity index (χ3v) is 4.39. The van der Waals surface area contributed by atoms with Crippen LogP contribution in [0.4, 0.5) is 0 Å². The highest BCUT2D eigenvalue weighted by Gasteiger charge is 2.45. The molecule has 4 nitrogen and oxygen atoms in total. The number of carboxylic acid groups (broad SMARTS) is 1. The van der Waals surface area contributed by atoms with E-state index in [-0.39, 0.29) is 5.91 Å². The summed E-state index contributed by atoms with van der Waals surface area (Å²) in [5.41, 5.74) is -0.173. The van der Waals surface area contributed by atoms with Gasteiger partial charge < -0.3 is 10.0 Å². The van der Waals surface area contributed by atoms with E-state index in [0.29, 0.717) is 31.5 Å². The van der Waals surface area contributed by atoms with Crippen LogP contribution in [0, 0.1) is 5.41 Å². The van der Waals surface area contributed by atoms with E-state index in [9.17, 15) is 14.7 Å². The van der Waals surface area contributed by atoms with E-state index in [1.807, 2.05) is 19.1 Å². The Bertz CT molecular complexity index is 532. The van der Waals surface area contributed by atoms with Crippen LogP contribution in [-0.2, 0) is 4.79 Å². The van der Waals surface area contributed by atoms with Crippen molar-refractivity contribution in [2.24, 2.45) is 5.41 Å². The van der Waals surface area contributed by atoms with Crippen LogP contribution in [0.15, 0.2) is 28.7 Å². The average molecular weight is 340 g/mol. The SMILES string of the molecule is CCCC1(C(=O)O)CCN(C(=O)c2cccc(Br)c2)C1. The van der Waals surface area contributed by atoms with Gasteiger partial charge in [-0.25, -0.2) is 0 Å². The number of carbonyl (C=O) groups is 2. The van der Waals surface area contributed by atoms with Crippen molar-refractivity contribution in [3.8, 4) is 0 Å². The molecule has 1 N–H and O–H groups in total. The fraction of sp³-hybridized carbons (Fsp3) is 0.467. The first-order valence-corrected chi connectivity index (χ1v) is 7.56. The Morgan fingerprint density at radius 3 is 2.80 bits per heavy atom. The molecule has 5 heteroatoms. The van der Waals surface area contributed by atoms with Gasteiger partial charge in [-0.3, -0.25) is 9.59 Å². The van der Waals surface area contributed by atoms with Gasteiger partial charge in [0.05, 0.1) is 5.41 Å². The number of likely N-dealkylation sites (tertiary alicyclic amines) is 1. The van der Waals surface area contributed by atoms with Crippen molar-refractivity contribution in [1.82, 2.24) is 4.90 Å². The van der Waals surface area contributed by atoms with Gasteiger partial charge in [-0.15, -0.1) is 0 Å². The van der Waals surface area contributed by atoms with Crippen LogP contribution in [0.1, 0.15) is 36.5 Å². The third kappa shape index (κ3) is 2.87. The molecule has 1 aliphatic heterocycles. The Morgan fingerprint density at radius 2 is 2.20 bits per heavy atom. The molecular formula is C15H18BrNO3. The second-order valence-corrected chi connectivity index (χ2v) is 6.24. The van der Waals surface area contributed by atoms with Crippen molar-refractivity contribution in [1.29, 1.82) is 0 Å².